The Hall–Kier alpha value is -2.48. The van der Waals surface area contributed by atoms with Crippen molar-refractivity contribution in [3.63, 3.8) is 0 Å². The van der Waals surface area contributed by atoms with Gasteiger partial charge < -0.3 is 11.5 Å². The fraction of sp³-hybridized carbons (Fsp3) is 0.400. The molecule has 2 aromatic carbocycles. The van der Waals surface area contributed by atoms with Crippen LogP contribution < -0.4 is 11.5 Å². The van der Waals surface area contributed by atoms with Crippen molar-refractivity contribution < 1.29 is 52.7 Å². The smallest absolute Gasteiger partial charge is 0.324 e. The molecule has 2 atom stereocenters. The Morgan fingerprint density at radius 2 is 0.618 bits per heavy atom. The average molecular weight is 514 g/mol. The molecular weight excluding hydrogens is 496 g/mol. The molecule has 0 saturated carbocycles. The normalized spacial score (nSPS) is 14.8. The van der Waals surface area contributed by atoms with Crippen molar-refractivity contribution in [1.82, 2.24) is 0 Å². The van der Waals surface area contributed by atoms with Crippen molar-refractivity contribution >= 4 is 0 Å². The monoisotopic (exact) mass is 514 g/mol. The molecule has 0 radical (unpaired) electrons. The lowest BCUT2D eigenvalue weighted by atomic mass is 10.0. The molecule has 0 aliphatic carbocycles. The van der Waals surface area contributed by atoms with Crippen LogP contribution in [0.4, 0.5) is 52.7 Å². The van der Waals surface area contributed by atoms with E-state index in [1.807, 2.05) is 0 Å². The molecule has 34 heavy (non-hydrogen) atoms. The summed E-state index contributed by atoms with van der Waals surface area (Å²) >= 11 is 0. The minimum absolute atomic E-state index is 0.0753. The maximum absolute atomic E-state index is 12.4. The molecule has 192 valence electrons. The molecule has 0 aromatic heterocycles. The summed E-state index contributed by atoms with van der Waals surface area (Å²) in [4.78, 5) is 0. The zero-order valence-corrected chi connectivity index (χ0v) is 17.3. The van der Waals surface area contributed by atoms with E-state index in [2.05, 4.69) is 0 Å². The van der Waals surface area contributed by atoms with Gasteiger partial charge in [-0.25, -0.2) is 0 Å². The van der Waals surface area contributed by atoms with Crippen LogP contribution in [0.2, 0.25) is 0 Å². The summed E-state index contributed by atoms with van der Waals surface area (Å²) in [6.07, 6.45) is -19.3. The number of benzene rings is 2. The van der Waals surface area contributed by atoms with E-state index in [4.69, 9.17) is 11.5 Å². The van der Waals surface area contributed by atoms with Crippen LogP contribution in [0, 0.1) is 0 Å². The molecule has 0 spiro atoms. The number of halogens is 12. The van der Waals surface area contributed by atoms with E-state index >= 15 is 0 Å². The molecule has 2 aromatic rings. The Labute approximate surface area is 185 Å². The Bertz CT molecular complexity index is 823. The van der Waals surface area contributed by atoms with Crippen molar-refractivity contribution in [2.45, 2.75) is 50.6 Å². The van der Waals surface area contributed by atoms with E-state index in [1.54, 1.807) is 0 Å². The standard InChI is InChI=1S/2C10H9F6N/c2*1-5(17)6-2-7(9(11,12)13)4-8(3-6)10(14,15)16/h2*2-5H,17H2,1H3/t2*5-/m00/s1. The van der Waals surface area contributed by atoms with E-state index in [1.165, 1.54) is 13.8 Å². The largest absolute Gasteiger partial charge is 0.416 e. The van der Waals surface area contributed by atoms with Crippen LogP contribution in [-0.2, 0) is 24.7 Å². The minimum Gasteiger partial charge on any atom is -0.324 e. The van der Waals surface area contributed by atoms with E-state index in [-0.39, 0.29) is 23.3 Å². The summed E-state index contributed by atoms with van der Waals surface area (Å²) in [6.45, 7) is 2.63. The SMILES string of the molecule is C[C@H](N)c1cc(C(F)(F)F)cc(C(F)(F)F)c1.C[C@H](N)c1cc(C(F)(F)F)cc(C(F)(F)F)c1. The van der Waals surface area contributed by atoms with Gasteiger partial charge in [0.05, 0.1) is 22.3 Å². The lowest BCUT2D eigenvalue weighted by Crippen LogP contribution is -2.14. The van der Waals surface area contributed by atoms with Gasteiger partial charge in [0.1, 0.15) is 0 Å². The Kier molecular flexibility index (Phi) is 8.71. The van der Waals surface area contributed by atoms with Crippen LogP contribution >= 0.6 is 0 Å². The summed E-state index contributed by atoms with van der Waals surface area (Å²) in [7, 11) is 0. The molecule has 2 rings (SSSR count). The summed E-state index contributed by atoms with van der Waals surface area (Å²) < 4.78 is 149. The molecule has 14 heteroatoms. The van der Waals surface area contributed by atoms with Gasteiger partial charge in [-0.15, -0.1) is 0 Å². The lowest BCUT2D eigenvalue weighted by Gasteiger charge is -2.15. The van der Waals surface area contributed by atoms with E-state index in [9.17, 15) is 52.7 Å². The minimum atomic E-state index is -4.83. The highest BCUT2D eigenvalue weighted by Crippen LogP contribution is 2.38. The van der Waals surface area contributed by atoms with Crippen molar-refractivity contribution in [1.29, 1.82) is 0 Å². The average Bonchev–Trinajstić information content (AvgIpc) is 2.65. The van der Waals surface area contributed by atoms with Gasteiger partial charge in [-0.3, -0.25) is 0 Å². The second kappa shape index (κ2) is 10.0. The molecule has 0 saturated heterocycles. The number of nitrogens with two attached hydrogens (primary N) is 2. The molecular formula is C20H18F12N2. The number of hydrogen-bond acceptors (Lipinski definition) is 2. The zero-order chi connectivity index (χ0) is 26.9. The van der Waals surface area contributed by atoms with Crippen molar-refractivity contribution in [3.8, 4) is 0 Å². The first-order valence-corrected chi connectivity index (χ1v) is 9.13. The second-order valence-electron chi connectivity index (χ2n) is 7.26. The van der Waals surface area contributed by atoms with Crippen LogP contribution in [0.3, 0.4) is 0 Å². The molecule has 0 amide bonds. The van der Waals surface area contributed by atoms with Crippen molar-refractivity contribution in [2.75, 3.05) is 0 Å². The predicted molar refractivity (Wildman–Crippen MR) is 98.1 cm³/mol. The van der Waals surface area contributed by atoms with Gasteiger partial charge in [-0.2, -0.15) is 52.7 Å². The topological polar surface area (TPSA) is 52.0 Å². The molecule has 4 N–H and O–H groups in total. The molecule has 0 fully saturated rings. The number of alkyl halides is 12. The first-order valence-electron chi connectivity index (χ1n) is 9.13. The highest BCUT2D eigenvalue weighted by Gasteiger charge is 2.38. The highest BCUT2D eigenvalue weighted by molar-refractivity contribution is 5.36. The van der Waals surface area contributed by atoms with Gasteiger partial charge in [0, 0.05) is 12.1 Å². The second-order valence-corrected chi connectivity index (χ2v) is 7.26. The van der Waals surface area contributed by atoms with Crippen LogP contribution in [0.5, 0.6) is 0 Å². The lowest BCUT2D eigenvalue weighted by molar-refractivity contribution is -0.144. The fourth-order valence-corrected chi connectivity index (χ4v) is 2.48. The van der Waals surface area contributed by atoms with Gasteiger partial charge in [-0.1, -0.05) is 0 Å². The Balaban J connectivity index is 0.000000340. The summed E-state index contributed by atoms with van der Waals surface area (Å²) in [5, 5.41) is 0. The van der Waals surface area contributed by atoms with Gasteiger partial charge in [0.15, 0.2) is 0 Å². The number of hydrogen-bond donors (Lipinski definition) is 2. The third-order valence-corrected chi connectivity index (χ3v) is 4.27. The molecule has 2 nitrogen and oxygen atoms in total. The van der Waals surface area contributed by atoms with Gasteiger partial charge in [0.2, 0.25) is 0 Å². The Morgan fingerprint density at radius 3 is 0.735 bits per heavy atom. The molecule has 0 heterocycles. The quantitative estimate of drug-likeness (QED) is 0.408. The van der Waals surface area contributed by atoms with Gasteiger partial charge in [-0.05, 0) is 61.4 Å². The highest BCUT2D eigenvalue weighted by atomic mass is 19.4. The summed E-state index contributed by atoms with van der Waals surface area (Å²) in [5.74, 6) is 0. The summed E-state index contributed by atoms with van der Waals surface area (Å²) in [5.41, 5.74) is 4.81. The fourth-order valence-electron chi connectivity index (χ4n) is 2.48. The van der Waals surface area contributed by atoms with Gasteiger partial charge >= 0.3 is 24.7 Å². The first-order chi connectivity index (χ1) is 15.0. The third kappa shape index (κ3) is 8.38. The summed E-state index contributed by atoms with van der Waals surface area (Å²) in [6, 6.07) is 0.842. The van der Waals surface area contributed by atoms with E-state index in [0.29, 0.717) is 24.3 Å². The third-order valence-electron chi connectivity index (χ3n) is 4.27. The van der Waals surface area contributed by atoms with Crippen molar-refractivity contribution in [2.24, 2.45) is 11.5 Å². The van der Waals surface area contributed by atoms with E-state index in [0.717, 1.165) is 0 Å². The molecule has 0 aliphatic rings. The maximum atomic E-state index is 12.4. The van der Waals surface area contributed by atoms with Gasteiger partial charge in [0.25, 0.3) is 0 Å². The van der Waals surface area contributed by atoms with E-state index < -0.39 is 59.0 Å². The number of rotatable bonds is 2. The van der Waals surface area contributed by atoms with Crippen LogP contribution in [0.15, 0.2) is 36.4 Å². The zero-order valence-electron chi connectivity index (χ0n) is 17.3. The molecule has 0 bridgehead atoms. The van der Waals surface area contributed by atoms with Crippen LogP contribution in [-0.4, -0.2) is 0 Å². The Morgan fingerprint density at radius 1 is 0.441 bits per heavy atom. The van der Waals surface area contributed by atoms with Crippen molar-refractivity contribution in [3.05, 3.63) is 69.8 Å². The molecule has 0 aliphatic heterocycles. The van der Waals surface area contributed by atoms with Crippen LogP contribution in [0.1, 0.15) is 59.3 Å². The predicted octanol–water partition coefficient (Wildman–Crippen LogP) is 7.49. The molecule has 0 unspecified atom stereocenters. The first kappa shape index (κ1) is 29.6. The van der Waals surface area contributed by atoms with Crippen LogP contribution in [0.25, 0.3) is 0 Å². The maximum Gasteiger partial charge on any atom is 0.416 e.